The summed E-state index contributed by atoms with van der Waals surface area (Å²) in [5.41, 5.74) is -0.122. The Morgan fingerprint density at radius 1 is 1.03 bits per heavy atom. The number of amides is 1. The molecular formula is C26H20Cl2N3NaO6S. The van der Waals surface area contributed by atoms with Gasteiger partial charge in [-0.15, -0.1) is 5.11 Å². The molecule has 0 unspecified atom stereocenters. The van der Waals surface area contributed by atoms with Gasteiger partial charge in [-0.2, -0.15) is 13.5 Å². The van der Waals surface area contributed by atoms with Crippen molar-refractivity contribution in [3.05, 3.63) is 81.8 Å². The first-order valence-electron chi connectivity index (χ1n) is 11.2. The number of nitrogens with zero attached hydrogens (tertiary/aromatic N) is 2. The van der Waals surface area contributed by atoms with Crippen LogP contribution in [0.2, 0.25) is 10.0 Å². The van der Waals surface area contributed by atoms with Crippen molar-refractivity contribution in [2.24, 2.45) is 10.2 Å². The van der Waals surface area contributed by atoms with Gasteiger partial charge in [0.1, 0.15) is 16.3 Å². The fourth-order valence-corrected chi connectivity index (χ4v) is 4.98. The average Bonchev–Trinajstić information content (AvgIpc) is 2.85. The molecule has 0 aliphatic heterocycles. The molecule has 0 saturated carbocycles. The summed E-state index contributed by atoms with van der Waals surface area (Å²) in [6.45, 7) is 3.80. The van der Waals surface area contributed by atoms with E-state index in [9.17, 15) is 22.9 Å². The van der Waals surface area contributed by atoms with Crippen LogP contribution in [0.1, 0.15) is 22.8 Å². The van der Waals surface area contributed by atoms with Crippen LogP contribution in [0.4, 0.5) is 17.1 Å². The predicted octanol–water partition coefficient (Wildman–Crippen LogP) is 3.85. The predicted molar refractivity (Wildman–Crippen MR) is 144 cm³/mol. The number of hydrogen-bond acceptors (Lipinski definition) is 7. The molecule has 0 aliphatic rings. The number of carbonyl (C=O) groups is 1. The van der Waals surface area contributed by atoms with Crippen molar-refractivity contribution in [2.75, 3.05) is 11.9 Å². The number of fused-ring (bicyclic) bond motifs is 1. The van der Waals surface area contributed by atoms with E-state index in [0.717, 1.165) is 0 Å². The molecule has 0 bridgehead atoms. The molecule has 9 nitrogen and oxygen atoms in total. The molecule has 39 heavy (non-hydrogen) atoms. The third-order valence-electron chi connectivity index (χ3n) is 5.42. The Bertz CT molecular complexity index is 1710. The summed E-state index contributed by atoms with van der Waals surface area (Å²) in [7, 11) is -4.71. The SMILES string of the molecule is CCOc1ccc(Cl)c(NC(=O)c2cc3ccccc3c(N=Nc3c(Cl)cc(C)cc3S(=O)(=O)O)c2[O-])c1.[Na+]. The summed E-state index contributed by atoms with van der Waals surface area (Å²) in [5, 5.41) is 25.0. The molecule has 1 amide bonds. The van der Waals surface area contributed by atoms with Gasteiger partial charge in [0.25, 0.3) is 16.0 Å². The number of nitrogens with one attached hydrogen (secondary N) is 1. The molecular weight excluding hydrogens is 576 g/mol. The van der Waals surface area contributed by atoms with E-state index in [1.807, 2.05) is 6.92 Å². The quantitative estimate of drug-likeness (QED) is 0.189. The minimum Gasteiger partial charge on any atom is -0.870 e. The number of aryl methyl sites for hydroxylation is 1. The number of azo groups is 1. The standard InChI is InChI=1S/C26H21Cl2N3O6S.Na/c1-3-37-16-8-9-19(27)21(13-16)29-26(33)18-12-15-6-4-5-7-17(15)23(25(18)32)30-31-24-20(28)10-14(2)11-22(24)38(34,35)36;/h4-13,32H,3H2,1-2H3,(H,29,33)(H,34,35,36);/q;+1/p-1. The molecule has 4 rings (SSSR count). The number of hydrogen-bond donors (Lipinski definition) is 2. The third kappa shape index (κ3) is 6.90. The van der Waals surface area contributed by atoms with Crippen molar-refractivity contribution in [1.29, 1.82) is 0 Å². The minimum absolute atomic E-state index is 0. The normalized spacial score (nSPS) is 11.4. The maximum atomic E-state index is 13.4. The molecule has 0 aromatic heterocycles. The van der Waals surface area contributed by atoms with Crippen molar-refractivity contribution in [3.8, 4) is 11.5 Å². The second kappa shape index (κ2) is 12.6. The topological polar surface area (TPSA) is 140 Å². The zero-order valence-corrected chi connectivity index (χ0v) is 25.4. The first-order valence-corrected chi connectivity index (χ1v) is 13.3. The van der Waals surface area contributed by atoms with E-state index in [4.69, 9.17) is 27.9 Å². The molecule has 0 spiro atoms. The maximum absolute atomic E-state index is 13.4. The van der Waals surface area contributed by atoms with Gasteiger partial charge < -0.3 is 15.2 Å². The Labute approximate surface area is 256 Å². The van der Waals surface area contributed by atoms with Crippen LogP contribution in [0.25, 0.3) is 10.8 Å². The van der Waals surface area contributed by atoms with E-state index in [-0.39, 0.29) is 62.2 Å². The van der Waals surface area contributed by atoms with Crippen LogP contribution in [-0.4, -0.2) is 25.5 Å². The number of anilines is 1. The van der Waals surface area contributed by atoms with Crippen LogP contribution >= 0.6 is 23.2 Å². The number of ether oxygens (including phenoxy) is 1. The summed E-state index contributed by atoms with van der Waals surface area (Å²) < 4.78 is 38.9. The van der Waals surface area contributed by atoms with Gasteiger partial charge in [-0.25, -0.2) is 0 Å². The summed E-state index contributed by atoms with van der Waals surface area (Å²) in [4.78, 5) is 12.6. The fourth-order valence-electron chi connectivity index (χ4n) is 3.72. The van der Waals surface area contributed by atoms with Crippen LogP contribution in [0.5, 0.6) is 11.5 Å². The maximum Gasteiger partial charge on any atom is 1.00 e. The van der Waals surface area contributed by atoms with Crippen LogP contribution < -0.4 is 44.7 Å². The van der Waals surface area contributed by atoms with Crippen LogP contribution in [0.3, 0.4) is 0 Å². The van der Waals surface area contributed by atoms with Gasteiger partial charge in [-0.05, 0) is 55.1 Å². The van der Waals surface area contributed by atoms with Crippen molar-refractivity contribution < 1.29 is 57.2 Å². The second-order valence-corrected chi connectivity index (χ2v) is 10.3. The number of benzene rings is 4. The van der Waals surface area contributed by atoms with E-state index >= 15 is 0 Å². The summed E-state index contributed by atoms with van der Waals surface area (Å²) in [6, 6.07) is 15.4. The summed E-state index contributed by atoms with van der Waals surface area (Å²) in [6.07, 6.45) is 0. The van der Waals surface area contributed by atoms with E-state index < -0.39 is 26.7 Å². The molecule has 196 valence electrons. The van der Waals surface area contributed by atoms with Crippen LogP contribution in [-0.2, 0) is 10.1 Å². The fraction of sp³-hybridized carbons (Fsp3) is 0.115. The molecule has 0 fully saturated rings. The Morgan fingerprint density at radius 2 is 1.72 bits per heavy atom. The molecule has 4 aromatic carbocycles. The second-order valence-electron chi connectivity index (χ2n) is 8.12. The summed E-state index contributed by atoms with van der Waals surface area (Å²) >= 11 is 12.4. The monoisotopic (exact) mass is 595 g/mol. The molecule has 13 heteroatoms. The Morgan fingerprint density at radius 3 is 2.41 bits per heavy atom. The van der Waals surface area contributed by atoms with Crippen molar-refractivity contribution in [1.82, 2.24) is 0 Å². The van der Waals surface area contributed by atoms with Gasteiger partial charge >= 0.3 is 29.6 Å². The minimum atomic E-state index is -4.71. The third-order valence-corrected chi connectivity index (χ3v) is 6.90. The van der Waals surface area contributed by atoms with E-state index in [2.05, 4.69) is 15.5 Å². The van der Waals surface area contributed by atoms with Gasteiger partial charge in [-0.1, -0.05) is 53.2 Å². The van der Waals surface area contributed by atoms with Gasteiger partial charge in [-0.3, -0.25) is 9.35 Å². The van der Waals surface area contributed by atoms with E-state index in [0.29, 0.717) is 28.7 Å². The zero-order valence-electron chi connectivity index (χ0n) is 21.0. The first kappa shape index (κ1) is 30.8. The Hall–Kier alpha value is -2.70. The molecule has 0 saturated heterocycles. The first-order chi connectivity index (χ1) is 18.0. The van der Waals surface area contributed by atoms with Crippen molar-refractivity contribution in [2.45, 2.75) is 18.7 Å². The molecule has 0 aliphatic carbocycles. The van der Waals surface area contributed by atoms with Crippen LogP contribution in [0, 0.1) is 6.92 Å². The average molecular weight is 596 g/mol. The number of halogens is 2. The largest absolute Gasteiger partial charge is 1.00 e. The Kier molecular flexibility index (Phi) is 10.0. The van der Waals surface area contributed by atoms with Crippen LogP contribution in [0.15, 0.2) is 75.8 Å². The van der Waals surface area contributed by atoms with Crippen molar-refractivity contribution >= 4 is 67.1 Å². The van der Waals surface area contributed by atoms with E-state index in [1.54, 1.807) is 43.3 Å². The molecule has 2 N–H and O–H groups in total. The molecule has 0 radical (unpaired) electrons. The number of rotatable bonds is 7. The van der Waals surface area contributed by atoms with Gasteiger partial charge in [0.2, 0.25) is 0 Å². The smallest absolute Gasteiger partial charge is 0.870 e. The van der Waals surface area contributed by atoms with E-state index in [1.165, 1.54) is 24.3 Å². The number of carbonyl (C=O) groups excluding carboxylic acids is 1. The van der Waals surface area contributed by atoms with Gasteiger partial charge in [0.05, 0.1) is 28.0 Å². The van der Waals surface area contributed by atoms with Crippen molar-refractivity contribution in [3.63, 3.8) is 0 Å². The van der Waals surface area contributed by atoms with Gasteiger partial charge in [0.15, 0.2) is 0 Å². The molecule has 0 atom stereocenters. The zero-order chi connectivity index (χ0) is 27.6. The summed E-state index contributed by atoms with van der Waals surface area (Å²) in [5.74, 6) is -1.04. The van der Waals surface area contributed by atoms with Gasteiger partial charge in [0, 0.05) is 17.0 Å². The molecule has 0 heterocycles. The molecule has 4 aromatic rings. The Balaban J connectivity index is 0.00000420.